The molecule has 5 nitrogen and oxygen atoms in total. The zero-order valence-electron chi connectivity index (χ0n) is 17.4. The summed E-state index contributed by atoms with van der Waals surface area (Å²) in [6, 6.07) is 19.9. The lowest BCUT2D eigenvalue weighted by atomic mass is 10.0. The van der Waals surface area contributed by atoms with Crippen molar-refractivity contribution in [2.45, 2.75) is 13.5 Å². The molecule has 0 radical (unpaired) electrons. The number of carbonyl (C=O) groups is 1. The van der Waals surface area contributed by atoms with Gasteiger partial charge in [0.1, 0.15) is 5.75 Å². The molecule has 0 saturated carbocycles. The van der Waals surface area contributed by atoms with E-state index in [9.17, 15) is 4.79 Å². The van der Waals surface area contributed by atoms with Gasteiger partial charge < -0.3 is 20.3 Å². The monoisotopic (exact) mass is 391 g/mol. The molecule has 0 aliphatic carbocycles. The second-order valence-electron chi connectivity index (χ2n) is 7.45. The Hall–Kier alpha value is -2.89. The van der Waals surface area contributed by atoms with Crippen molar-refractivity contribution in [2.24, 2.45) is 0 Å². The van der Waals surface area contributed by atoms with Crippen molar-refractivity contribution >= 4 is 22.4 Å². The average Bonchev–Trinajstić information content (AvgIpc) is 2.71. The molecular weight excluding hydrogens is 362 g/mol. The van der Waals surface area contributed by atoms with E-state index in [0.717, 1.165) is 46.4 Å². The Balaban J connectivity index is 1.69. The molecular formula is C24H29N3O2. The highest BCUT2D eigenvalue weighted by Gasteiger charge is 2.11. The number of hydrogen-bond acceptors (Lipinski definition) is 4. The minimum Gasteiger partial charge on any atom is -0.483 e. The summed E-state index contributed by atoms with van der Waals surface area (Å²) in [4.78, 5) is 14.5. The first-order chi connectivity index (χ1) is 14.0. The smallest absolute Gasteiger partial charge is 0.262 e. The molecule has 3 rings (SSSR count). The van der Waals surface area contributed by atoms with Crippen molar-refractivity contribution < 1.29 is 9.53 Å². The minimum absolute atomic E-state index is 0.0308. The Labute approximate surface area is 172 Å². The highest BCUT2D eigenvalue weighted by Crippen LogP contribution is 2.28. The largest absolute Gasteiger partial charge is 0.483 e. The molecule has 3 aromatic rings. The van der Waals surface area contributed by atoms with Gasteiger partial charge in [0.2, 0.25) is 0 Å². The Kier molecular flexibility index (Phi) is 7.22. The number of nitrogens with zero attached hydrogens (tertiary/aromatic N) is 1. The van der Waals surface area contributed by atoms with Crippen molar-refractivity contribution in [1.29, 1.82) is 0 Å². The summed E-state index contributed by atoms with van der Waals surface area (Å²) in [5.74, 6) is 0.564. The van der Waals surface area contributed by atoms with E-state index in [4.69, 9.17) is 4.74 Å². The molecule has 1 amide bonds. The lowest BCUT2D eigenvalue weighted by Gasteiger charge is -2.16. The van der Waals surface area contributed by atoms with Crippen LogP contribution in [0.2, 0.25) is 0 Å². The molecule has 0 atom stereocenters. The number of likely N-dealkylation sites (N-methyl/N-ethyl adjacent to an activating group) is 1. The summed E-state index contributed by atoms with van der Waals surface area (Å²) in [7, 11) is 4.11. The fourth-order valence-corrected chi connectivity index (χ4v) is 3.13. The van der Waals surface area contributed by atoms with Crippen LogP contribution in [0.4, 0.5) is 5.69 Å². The summed E-state index contributed by atoms with van der Waals surface area (Å²) in [5, 5.41) is 8.65. The molecule has 0 heterocycles. The van der Waals surface area contributed by atoms with Crippen molar-refractivity contribution in [3.8, 4) is 5.75 Å². The number of nitrogens with one attached hydrogen (secondary N) is 2. The second-order valence-corrected chi connectivity index (χ2v) is 7.45. The van der Waals surface area contributed by atoms with Gasteiger partial charge in [-0.3, -0.25) is 4.79 Å². The van der Waals surface area contributed by atoms with Crippen LogP contribution < -0.4 is 15.4 Å². The standard InChI is InChI=1S/C24H29N3O2/c1-18-8-11-20(12-9-18)26-24(28)17-29-23-13-10-19-6-4-5-7-21(19)22(23)16-25-14-15-27(2)3/h4-13,25H,14-17H2,1-3H3,(H,26,28). The van der Waals surface area contributed by atoms with Gasteiger partial charge in [-0.05, 0) is 50.0 Å². The molecule has 0 spiro atoms. The third-order valence-electron chi connectivity index (χ3n) is 4.73. The molecule has 5 heteroatoms. The van der Waals surface area contributed by atoms with Crippen LogP contribution in [0.15, 0.2) is 60.7 Å². The molecule has 2 N–H and O–H groups in total. The maximum absolute atomic E-state index is 12.3. The van der Waals surface area contributed by atoms with Crippen molar-refractivity contribution in [3.05, 3.63) is 71.8 Å². The first kappa shape index (κ1) is 20.8. The quantitative estimate of drug-likeness (QED) is 0.545. The Morgan fingerprint density at radius 1 is 1.00 bits per heavy atom. The Bertz CT molecular complexity index is 952. The maximum Gasteiger partial charge on any atom is 0.262 e. The second kappa shape index (κ2) is 10.0. The van der Waals surface area contributed by atoms with Crippen LogP contribution in [0.25, 0.3) is 10.8 Å². The molecule has 29 heavy (non-hydrogen) atoms. The summed E-state index contributed by atoms with van der Waals surface area (Å²) >= 11 is 0. The first-order valence-corrected chi connectivity index (χ1v) is 9.88. The number of fused-ring (bicyclic) bond motifs is 1. The van der Waals surface area contributed by atoms with Gasteiger partial charge in [0.05, 0.1) is 0 Å². The predicted molar refractivity (Wildman–Crippen MR) is 120 cm³/mol. The summed E-state index contributed by atoms with van der Waals surface area (Å²) < 4.78 is 5.92. The molecule has 0 unspecified atom stereocenters. The van der Waals surface area contributed by atoms with Gasteiger partial charge in [0, 0.05) is 30.9 Å². The number of amides is 1. The zero-order chi connectivity index (χ0) is 20.6. The Morgan fingerprint density at radius 2 is 1.76 bits per heavy atom. The van der Waals surface area contributed by atoms with Gasteiger partial charge in [-0.2, -0.15) is 0 Å². The van der Waals surface area contributed by atoms with Crippen LogP contribution in [0.1, 0.15) is 11.1 Å². The number of rotatable bonds is 9. The van der Waals surface area contributed by atoms with Crippen LogP contribution in [0.3, 0.4) is 0 Å². The highest BCUT2D eigenvalue weighted by atomic mass is 16.5. The van der Waals surface area contributed by atoms with Gasteiger partial charge >= 0.3 is 0 Å². The fourth-order valence-electron chi connectivity index (χ4n) is 3.13. The molecule has 0 aromatic heterocycles. The summed E-state index contributed by atoms with van der Waals surface area (Å²) in [5.41, 5.74) is 3.00. The predicted octanol–water partition coefficient (Wildman–Crippen LogP) is 3.82. The number of benzene rings is 3. The molecule has 0 bridgehead atoms. The normalized spacial score (nSPS) is 11.0. The molecule has 0 aliphatic heterocycles. The van der Waals surface area contributed by atoms with Crippen molar-refractivity contribution in [1.82, 2.24) is 10.2 Å². The fraction of sp³-hybridized carbons (Fsp3) is 0.292. The molecule has 0 fully saturated rings. The van der Waals surface area contributed by atoms with Crippen molar-refractivity contribution in [3.63, 3.8) is 0 Å². The number of aryl methyl sites for hydroxylation is 1. The topological polar surface area (TPSA) is 53.6 Å². The van der Waals surface area contributed by atoms with E-state index >= 15 is 0 Å². The van der Waals surface area contributed by atoms with Crippen LogP contribution >= 0.6 is 0 Å². The molecule has 0 saturated heterocycles. The van der Waals surface area contributed by atoms with Gasteiger partial charge in [0.25, 0.3) is 5.91 Å². The number of hydrogen-bond donors (Lipinski definition) is 2. The summed E-state index contributed by atoms with van der Waals surface area (Å²) in [6.07, 6.45) is 0. The number of carbonyl (C=O) groups excluding carboxylic acids is 1. The van der Waals surface area contributed by atoms with Gasteiger partial charge in [-0.25, -0.2) is 0 Å². The van der Waals surface area contributed by atoms with Gasteiger partial charge in [0.15, 0.2) is 6.61 Å². The van der Waals surface area contributed by atoms with E-state index in [1.165, 1.54) is 0 Å². The van der Waals surface area contributed by atoms with E-state index < -0.39 is 0 Å². The van der Waals surface area contributed by atoms with Crippen LogP contribution in [0.5, 0.6) is 5.75 Å². The molecule has 152 valence electrons. The van der Waals surface area contributed by atoms with Gasteiger partial charge in [-0.1, -0.05) is 48.0 Å². The van der Waals surface area contributed by atoms with Crippen molar-refractivity contribution in [2.75, 3.05) is 39.1 Å². The summed E-state index contributed by atoms with van der Waals surface area (Å²) in [6.45, 7) is 4.51. The zero-order valence-corrected chi connectivity index (χ0v) is 17.4. The molecule has 0 aliphatic rings. The van der Waals surface area contributed by atoms with E-state index in [1.54, 1.807) is 0 Å². The van der Waals surface area contributed by atoms with Crippen LogP contribution in [0, 0.1) is 6.92 Å². The third kappa shape index (κ3) is 6.04. The number of anilines is 1. The van der Waals surface area contributed by atoms with Gasteiger partial charge in [-0.15, -0.1) is 0 Å². The maximum atomic E-state index is 12.3. The highest BCUT2D eigenvalue weighted by molar-refractivity contribution is 5.92. The lowest BCUT2D eigenvalue weighted by molar-refractivity contribution is -0.118. The molecule has 3 aromatic carbocycles. The van der Waals surface area contributed by atoms with E-state index in [0.29, 0.717) is 6.54 Å². The SMILES string of the molecule is Cc1ccc(NC(=O)COc2ccc3ccccc3c2CNCCN(C)C)cc1. The number of ether oxygens (including phenoxy) is 1. The average molecular weight is 392 g/mol. The third-order valence-corrected chi connectivity index (χ3v) is 4.73. The Morgan fingerprint density at radius 3 is 2.52 bits per heavy atom. The van der Waals surface area contributed by atoms with E-state index in [-0.39, 0.29) is 12.5 Å². The first-order valence-electron chi connectivity index (χ1n) is 9.88. The van der Waals surface area contributed by atoms with Crippen LogP contribution in [-0.4, -0.2) is 44.6 Å². The van der Waals surface area contributed by atoms with E-state index in [2.05, 4.69) is 41.8 Å². The minimum atomic E-state index is -0.173. The lowest BCUT2D eigenvalue weighted by Crippen LogP contribution is -2.26. The van der Waals surface area contributed by atoms with E-state index in [1.807, 2.05) is 55.5 Å². The van der Waals surface area contributed by atoms with Crippen LogP contribution in [-0.2, 0) is 11.3 Å².